The molecule has 26 heavy (non-hydrogen) atoms. The summed E-state index contributed by atoms with van der Waals surface area (Å²) >= 11 is 1.58. The molecule has 1 unspecified atom stereocenters. The molecule has 7 atom stereocenters. The zero-order chi connectivity index (χ0) is 19.2. The van der Waals surface area contributed by atoms with Crippen molar-refractivity contribution in [2.24, 2.45) is 17.6 Å². The summed E-state index contributed by atoms with van der Waals surface area (Å²) < 4.78 is 4.99. The van der Waals surface area contributed by atoms with Crippen molar-refractivity contribution < 1.29 is 24.5 Å². The van der Waals surface area contributed by atoms with E-state index in [4.69, 9.17) is 15.6 Å². The number of aliphatic hydroxyl groups excluding tert-OH is 1. The molecule has 3 rings (SSSR count). The maximum Gasteiger partial charge on any atom is 0.512 e. The van der Waals surface area contributed by atoms with Gasteiger partial charge in [0, 0.05) is 29.8 Å². The van der Waals surface area contributed by atoms with E-state index in [0.717, 1.165) is 24.3 Å². The van der Waals surface area contributed by atoms with Gasteiger partial charge in [-0.05, 0) is 26.7 Å². The van der Waals surface area contributed by atoms with Crippen molar-refractivity contribution in [1.82, 2.24) is 10.2 Å². The number of amides is 1. The Morgan fingerprint density at radius 3 is 2.77 bits per heavy atom. The number of nitrogens with zero attached hydrogens (tertiary/aromatic N) is 1. The molecule has 8 nitrogen and oxygen atoms in total. The van der Waals surface area contributed by atoms with Crippen molar-refractivity contribution in [3.05, 3.63) is 10.8 Å². The molecule has 0 saturated carbocycles. The molecule has 0 aromatic carbocycles. The SMILES string of the molecule is CC(N)C[C@@H]1C[C@H](SC2=C(OC(=O)O)N3C(=O)[C@H]([C@@H](C)O)[C@@H]3[C@H]2C)CN1. The first kappa shape index (κ1) is 19.5. The van der Waals surface area contributed by atoms with Gasteiger partial charge in [0.2, 0.25) is 11.8 Å². The standard InChI is InChI=1S/C17H27N3O5S/c1-7(18)4-10-5-11(6-19-10)26-14-8(2)13-12(9(3)21)15(22)20(13)16(14)25-17(23)24/h7-13,19,21H,4-6,18H2,1-3H3,(H,23,24)/t7?,8-,9-,10-,11+,12-,13+/m1/s1. The zero-order valence-corrected chi connectivity index (χ0v) is 16.0. The van der Waals surface area contributed by atoms with Gasteiger partial charge in [0.05, 0.1) is 23.0 Å². The van der Waals surface area contributed by atoms with Gasteiger partial charge in [-0.1, -0.05) is 6.92 Å². The Kier molecular flexibility index (Phi) is 5.53. The topological polar surface area (TPSA) is 125 Å². The Morgan fingerprint density at radius 1 is 1.50 bits per heavy atom. The van der Waals surface area contributed by atoms with Crippen LogP contribution < -0.4 is 11.1 Å². The van der Waals surface area contributed by atoms with Crippen molar-refractivity contribution in [2.45, 2.75) is 63.1 Å². The van der Waals surface area contributed by atoms with Crippen molar-refractivity contribution in [1.29, 1.82) is 0 Å². The van der Waals surface area contributed by atoms with Crippen LogP contribution >= 0.6 is 11.8 Å². The number of rotatable bonds is 6. The number of carboxylic acid groups (broad SMARTS) is 1. The van der Waals surface area contributed by atoms with Gasteiger partial charge < -0.3 is 26.0 Å². The highest BCUT2D eigenvalue weighted by molar-refractivity contribution is 8.03. The van der Waals surface area contributed by atoms with Crippen molar-refractivity contribution in [3.8, 4) is 0 Å². The molecule has 146 valence electrons. The Bertz CT molecular complexity index is 624. The maximum absolute atomic E-state index is 12.4. The molecule has 3 aliphatic rings. The van der Waals surface area contributed by atoms with Crippen LogP contribution in [0, 0.1) is 11.8 Å². The average molecular weight is 385 g/mol. The fourth-order valence-corrected chi connectivity index (χ4v) is 5.74. The molecule has 3 aliphatic heterocycles. The van der Waals surface area contributed by atoms with Gasteiger partial charge in [0.1, 0.15) is 0 Å². The maximum atomic E-state index is 12.4. The lowest BCUT2D eigenvalue weighted by molar-refractivity contribution is -0.163. The predicted octanol–water partition coefficient (Wildman–Crippen LogP) is 0.909. The summed E-state index contributed by atoms with van der Waals surface area (Å²) in [5.74, 6) is -0.734. The van der Waals surface area contributed by atoms with Gasteiger partial charge in [-0.15, -0.1) is 11.8 Å². The quantitative estimate of drug-likeness (QED) is 0.393. The van der Waals surface area contributed by atoms with E-state index in [1.165, 1.54) is 4.90 Å². The molecule has 0 aromatic heterocycles. The molecule has 0 aliphatic carbocycles. The van der Waals surface area contributed by atoms with Gasteiger partial charge in [-0.25, -0.2) is 4.79 Å². The van der Waals surface area contributed by atoms with E-state index in [1.807, 2.05) is 13.8 Å². The minimum Gasteiger partial charge on any atom is -0.449 e. The van der Waals surface area contributed by atoms with Crippen molar-refractivity contribution >= 4 is 23.8 Å². The first-order valence-electron chi connectivity index (χ1n) is 9.02. The van der Waals surface area contributed by atoms with Gasteiger partial charge in [0.15, 0.2) is 0 Å². The highest BCUT2D eigenvalue weighted by atomic mass is 32.2. The van der Waals surface area contributed by atoms with Gasteiger partial charge in [-0.2, -0.15) is 0 Å². The number of carbonyl (C=O) groups is 2. The highest BCUT2D eigenvalue weighted by Gasteiger charge is 2.60. The predicted molar refractivity (Wildman–Crippen MR) is 97.2 cm³/mol. The van der Waals surface area contributed by atoms with E-state index in [0.29, 0.717) is 6.04 Å². The molecule has 0 aromatic rings. The Balaban J connectivity index is 1.77. The van der Waals surface area contributed by atoms with Gasteiger partial charge in [-0.3, -0.25) is 9.69 Å². The number of carbonyl (C=O) groups excluding carboxylic acids is 1. The van der Waals surface area contributed by atoms with E-state index in [9.17, 15) is 14.7 Å². The Morgan fingerprint density at radius 2 is 2.19 bits per heavy atom. The molecule has 0 radical (unpaired) electrons. The molecule has 0 spiro atoms. The van der Waals surface area contributed by atoms with E-state index in [1.54, 1.807) is 18.7 Å². The van der Waals surface area contributed by atoms with E-state index in [2.05, 4.69) is 5.32 Å². The number of ether oxygens (including phenoxy) is 1. The lowest BCUT2D eigenvalue weighted by atomic mass is 9.79. The molecule has 5 N–H and O–H groups in total. The molecule has 3 heterocycles. The molecular formula is C17H27N3O5S. The first-order valence-corrected chi connectivity index (χ1v) is 9.90. The minimum absolute atomic E-state index is 0.0702. The number of nitrogens with two attached hydrogens (primary N) is 1. The molecule has 0 bridgehead atoms. The number of nitrogens with one attached hydrogen (secondary N) is 1. The number of thioether (sulfide) groups is 1. The largest absolute Gasteiger partial charge is 0.512 e. The van der Waals surface area contributed by atoms with E-state index >= 15 is 0 Å². The van der Waals surface area contributed by atoms with E-state index in [-0.39, 0.29) is 35.0 Å². The summed E-state index contributed by atoms with van der Waals surface area (Å²) in [4.78, 5) is 25.7. The summed E-state index contributed by atoms with van der Waals surface area (Å²) in [6.45, 7) is 6.34. The number of aliphatic hydroxyl groups is 1. The number of hydrogen-bond acceptors (Lipinski definition) is 7. The summed E-state index contributed by atoms with van der Waals surface area (Å²) in [6, 6.07) is 0.226. The summed E-state index contributed by atoms with van der Waals surface area (Å²) in [5.41, 5.74) is 5.87. The fourth-order valence-electron chi connectivity index (χ4n) is 4.28. The normalized spacial score (nSPS) is 36.0. The third-order valence-corrected chi connectivity index (χ3v) is 6.87. The van der Waals surface area contributed by atoms with Crippen molar-refractivity contribution in [2.75, 3.05) is 6.54 Å². The second-order valence-corrected chi connectivity index (χ2v) is 8.93. The third-order valence-electron chi connectivity index (χ3n) is 5.38. The number of hydrogen-bond donors (Lipinski definition) is 4. The fraction of sp³-hybridized carbons (Fsp3) is 0.765. The van der Waals surface area contributed by atoms with Gasteiger partial charge in [0.25, 0.3) is 0 Å². The van der Waals surface area contributed by atoms with Crippen LogP contribution in [0.15, 0.2) is 10.8 Å². The Hall–Kier alpha value is -1.29. The lowest BCUT2D eigenvalue weighted by Crippen LogP contribution is -2.63. The summed E-state index contributed by atoms with van der Waals surface area (Å²) in [6.07, 6.45) is -0.383. The zero-order valence-electron chi connectivity index (χ0n) is 15.2. The van der Waals surface area contributed by atoms with Crippen LogP contribution in [0.4, 0.5) is 4.79 Å². The van der Waals surface area contributed by atoms with Gasteiger partial charge >= 0.3 is 6.16 Å². The molecule has 1 amide bonds. The van der Waals surface area contributed by atoms with Crippen LogP contribution in [-0.4, -0.2) is 63.2 Å². The van der Waals surface area contributed by atoms with Crippen LogP contribution in [0.25, 0.3) is 0 Å². The number of β-lactam (4-membered cyclic amide) rings is 1. The first-order chi connectivity index (χ1) is 12.2. The highest BCUT2D eigenvalue weighted by Crippen LogP contribution is 2.52. The summed E-state index contributed by atoms with van der Waals surface area (Å²) in [7, 11) is 0. The monoisotopic (exact) mass is 385 g/mol. The number of fused-ring (bicyclic) bond motifs is 1. The molecule has 9 heteroatoms. The second-order valence-electron chi connectivity index (χ2n) is 7.58. The molecule has 2 fully saturated rings. The van der Waals surface area contributed by atoms with E-state index < -0.39 is 18.2 Å². The average Bonchev–Trinajstić information content (AvgIpc) is 3.01. The third kappa shape index (κ3) is 3.45. The smallest absolute Gasteiger partial charge is 0.449 e. The minimum atomic E-state index is -1.43. The van der Waals surface area contributed by atoms with Crippen LogP contribution in [0.2, 0.25) is 0 Å². The summed E-state index contributed by atoms with van der Waals surface area (Å²) in [5, 5.41) is 22.7. The second kappa shape index (κ2) is 7.38. The molecular weight excluding hydrogens is 358 g/mol. The van der Waals surface area contributed by atoms with Crippen LogP contribution in [-0.2, 0) is 9.53 Å². The van der Waals surface area contributed by atoms with Crippen molar-refractivity contribution in [3.63, 3.8) is 0 Å². The van der Waals surface area contributed by atoms with Crippen LogP contribution in [0.5, 0.6) is 0 Å². The van der Waals surface area contributed by atoms with Crippen LogP contribution in [0.1, 0.15) is 33.6 Å². The molecule has 2 saturated heterocycles. The van der Waals surface area contributed by atoms with Crippen LogP contribution in [0.3, 0.4) is 0 Å². The lowest BCUT2D eigenvalue weighted by Gasteiger charge is -2.45. The Labute approximate surface area is 157 Å².